The van der Waals surface area contributed by atoms with Crippen molar-refractivity contribution in [1.29, 1.82) is 0 Å². The lowest BCUT2D eigenvalue weighted by atomic mass is 10.0. The molecule has 0 aromatic heterocycles. The van der Waals surface area contributed by atoms with Crippen LogP contribution in [0.15, 0.2) is 23.1 Å². The maximum atomic E-state index is 11.8. The van der Waals surface area contributed by atoms with Crippen LogP contribution in [0, 0.1) is 0 Å². The van der Waals surface area contributed by atoms with Crippen LogP contribution in [0.4, 0.5) is 5.69 Å². The number of esters is 1. The second-order valence-electron chi connectivity index (χ2n) is 4.85. The highest BCUT2D eigenvalue weighted by molar-refractivity contribution is 8.00. The van der Waals surface area contributed by atoms with Gasteiger partial charge in [-0.15, -0.1) is 11.8 Å². The summed E-state index contributed by atoms with van der Waals surface area (Å²) in [5.41, 5.74) is 6.82. The molecule has 1 aliphatic carbocycles. The maximum absolute atomic E-state index is 11.8. The van der Waals surface area contributed by atoms with E-state index >= 15 is 0 Å². The molecule has 0 heterocycles. The Morgan fingerprint density at radius 1 is 1.37 bits per heavy atom. The van der Waals surface area contributed by atoms with Crippen molar-refractivity contribution < 1.29 is 9.53 Å². The molecule has 0 amide bonds. The largest absolute Gasteiger partial charge is 0.462 e. The van der Waals surface area contributed by atoms with Gasteiger partial charge in [-0.3, -0.25) is 0 Å². The highest BCUT2D eigenvalue weighted by Crippen LogP contribution is 2.34. The molecule has 0 bridgehead atoms. The van der Waals surface area contributed by atoms with Crippen molar-refractivity contribution in [2.45, 2.75) is 49.2 Å². The normalized spacial score (nSPS) is 16.3. The van der Waals surface area contributed by atoms with Gasteiger partial charge in [0.25, 0.3) is 0 Å². The average molecular weight is 279 g/mol. The van der Waals surface area contributed by atoms with E-state index in [0.717, 1.165) is 4.90 Å². The summed E-state index contributed by atoms with van der Waals surface area (Å²) in [5.74, 6) is -0.328. The number of rotatable bonds is 4. The fourth-order valence-corrected chi connectivity index (χ4v) is 3.66. The topological polar surface area (TPSA) is 52.3 Å². The predicted octanol–water partition coefficient (Wildman–Crippen LogP) is 3.87. The molecule has 104 valence electrons. The number of benzene rings is 1. The third-order valence-electron chi connectivity index (χ3n) is 3.38. The van der Waals surface area contributed by atoms with Crippen LogP contribution in [0.1, 0.15) is 49.4 Å². The summed E-state index contributed by atoms with van der Waals surface area (Å²) in [6.07, 6.45) is 6.52. The van der Waals surface area contributed by atoms with Crippen LogP contribution in [0.2, 0.25) is 0 Å². The van der Waals surface area contributed by atoms with Gasteiger partial charge in [-0.2, -0.15) is 0 Å². The van der Waals surface area contributed by atoms with Crippen molar-refractivity contribution in [3.05, 3.63) is 23.8 Å². The number of anilines is 1. The minimum absolute atomic E-state index is 0.328. The van der Waals surface area contributed by atoms with Gasteiger partial charge in [-0.05, 0) is 38.0 Å². The zero-order chi connectivity index (χ0) is 13.7. The molecule has 19 heavy (non-hydrogen) atoms. The Morgan fingerprint density at radius 3 is 2.79 bits per heavy atom. The van der Waals surface area contributed by atoms with Gasteiger partial charge in [0.05, 0.1) is 12.2 Å². The molecule has 0 atom stereocenters. The SMILES string of the molecule is CCOC(=O)c1cc(SC2CCCCC2)ccc1N. The van der Waals surface area contributed by atoms with Crippen LogP contribution in [-0.4, -0.2) is 17.8 Å². The summed E-state index contributed by atoms with van der Waals surface area (Å²) in [6.45, 7) is 2.17. The van der Waals surface area contributed by atoms with Crippen LogP contribution in [-0.2, 0) is 4.74 Å². The van der Waals surface area contributed by atoms with E-state index in [1.807, 2.05) is 23.9 Å². The second-order valence-corrected chi connectivity index (χ2v) is 6.22. The molecule has 0 spiro atoms. The zero-order valence-corrected chi connectivity index (χ0v) is 12.2. The molecule has 4 heteroatoms. The van der Waals surface area contributed by atoms with Crippen molar-refractivity contribution in [3.63, 3.8) is 0 Å². The summed E-state index contributed by atoms with van der Waals surface area (Å²) in [4.78, 5) is 12.9. The zero-order valence-electron chi connectivity index (χ0n) is 11.4. The molecule has 1 aromatic carbocycles. The van der Waals surface area contributed by atoms with Gasteiger partial charge < -0.3 is 10.5 Å². The number of carbonyl (C=O) groups is 1. The van der Waals surface area contributed by atoms with Crippen molar-refractivity contribution in [3.8, 4) is 0 Å². The van der Waals surface area contributed by atoms with Crippen LogP contribution in [0.5, 0.6) is 0 Å². The van der Waals surface area contributed by atoms with Crippen LogP contribution < -0.4 is 5.73 Å². The molecule has 0 aliphatic heterocycles. The van der Waals surface area contributed by atoms with Crippen LogP contribution in [0.3, 0.4) is 0 Å². The smallest absolute Gasteiger partial charge is 0.340 e. The number of hydrogen-bond acceptors (Lipinski definition) is 4. The molecule has 0 radical (unpaired) electrons. The Balaban J connectivity index is 2.08. The highest BCUT2D eigenvalue weighted by Gasteiger charge is 2.17. The Labute approximate surface area is 118 Å². The summed E-state index contributed by atoms with van der Waals surface area (Å²) >= 11 is 1.86. The van der Waals surface area contributed by atoms with Gasteiger partial charge in [-0.1, -0.05) is 19.3 Å². The first-order valence-electron chi connectivity index (χ1n) is 6.94. The van der Waals surface area contributed by atoms with Crippen molar-refractivity contribution in [1.82, 2.24) is 0 Å². The fourth-order valence-electron chi connectivity index (χ4n) is 2.37. The monoisotopic (exact) mass is 279 g/mol. The van der Waals surface area contributed by atoms with Gasteiger partial charge in [0.15, 0.2) is 0 Å². The lowest BCUT2D eigenvalue weighted by Gasteiger charge is -2.21. The summed E-state index contributed by atoms with van der Waals surface area (Å²) in [6, 6.07) is 5.67. The van der Waals surface area contributed by atoms with Crippen LogP contribution in [0.25, 0.3) is 0 Å². The van der Waals surface area contributed by atoms with Crippen molar-refractivity contribution in [2.75, 3.05) is 12.3 Å². The molecule has 1 aliphatic rings. The van der Waals surface area contributed by atoms with E-state index in [1.165, 1.54) is 32.1 Å². The first kappa shape index (κ1) is 14.3. The van der Waals surface area contributed by atoms with E-state index in [4.69, 9.17) is 10.5 Å². The van der Waals surface area contributed by atoms with Crippen molar-refractivity contribution >= 4 is 23.4 Å². The standard InChI is InChI=1S/C15H21NO2S/c1-2-18-15(17)13-10-12(8-9-14(13)16)19-11-6-4-3-5-7-11/h8-11H,2-7,16H2,1H3. The van der Waals surface area contributed by atoms with Gasteiger partial charge in [0, 0.05) is 15.8 Å². The quantitative estimate of drug-likeness (QED) is 0.671. The molecule has 1 fully saturated rings. The Morgan fingerprint density at radius 2 is 2.11 bits per heavy atom. The first-order valence-corrected chi connectivity index (χ1v) is 7.82. The van der Waals surface area contributed by atoms with E-state index in [9.17, 15) is 4.79 Å². The predicted molar refractivity (Wildman–Crippen MR) is 79.5 cm³/mol. The Hall–Kier alpha value is -1.16. The van der Waals surface area contributed by atoms with Crippen molar-refractivity contribution in [2.24, 2.45) is 0 Å². The summed E-state index contributed by atoms with van der Waals surface area (Å²) in [5, 5.41) is 0.674. The molecule has 2 N–H and O–H groups in total. The van der Waals surface area contributed by atoms with Gasteiger partial charge >= 0.3 is 5.97 Å². The molecular weight excluding hydrogens is 258 g/mol. The van der Waals surface area contributed by atoms with Gasteiger partial charge in [0.2, 0.25) is 0 Å². The molecule has 1 saturated carbocycles. The van der Waals surface area contributed by atoms with E-state index in [2.05, 4.69) is 0 Å². The molecule has 1 aromatic rings. The lowest BCUT2D eigenvalue weighted by molar-refractivity contribution is 0.0527. The number of thioether (sulfide) groups is 1. The lowest BCUT2D eigenvalue weighted by Crippen LogP contribution is -2.10. The van der Waals surface area contributed by atoms with Gasteiger partial charge in [0.1, 0.15) is 0 Å². The van der Waals surface area contributed by atoms with E-state index < -0.39 is 0 Å². The molecule has 2 rings (SSSR count). The molecule has 3 nitrogen and oxygen atoms in total. The number of nitrogens with two attached hydrogens (primary N) is 1. The van der Waals surface area contributed by atoms with E-state index in [-0.39, 0.29) is 5.97 Å². The molecular formula is C15H21NO2S. The first-order chi connectivity index (χ1) is 9.20. The number of hydrogen-bond donors (Lipinski definition) is 1. The number of ether oxygens (including phenoxy) is 1. The minimum atomic E-state index is -0.328. The summed E-state index contributed by atoms with van der Waals surface area (Å²) < 4.78 is 5.03. The number of carbonyl (C=O) groups excluding carboxylic acids is 1. The Bertz CT molecular complexity index is 442. The second kappa shape index (κ2) is 6.85. The van der Waals surface area contributed by atoms with E-state index in [0.29, 0.717) is 23.1 Å². The minimum Gasteiger partial charge on any atom is -0.462 e. The van der Waals surface area contributed by atoms with Gasteiger partial charge in [-0.25, -0.2) is 4.79 Å². The third-order valence-corrected chi connectivity index (χ3v) is 4.71. The van der Waals surface area contributed by atoms with E-state index in [1.54, 1.807) is 13.0 Å². The molecule has 0 saturated heterocycles. The fraction of sp³-hybridized carbons (Fsp3) is 0.533. The van der Waals surface area contributed by atoms with Crippen LogP contribution >= 0.6 is 11.8 Å². The highest BCUT2D eigenvalue weighted by atomic mass is 32.2. The third kappa shape index (κ3) is 3.90. The molecule has 0 unspecified atom stereocenters. The Kier molecular flexibility index (Phi) is 5.14. The summed E-state index contributed by atoms with van der Waals surface area (Å²) in [7, 11) is 0. The average Bonchev–Trinajstić information content (AvgIpc) is 2.42. The maximum Gasteiger partial charge on any atom is 0.340 e. The number of nitrogen functional groups attached to an aromatic ring is 1.